The summed E-state index contributed by atoms with van der Waals surface area (Å²) in [6, 6.07) is 5.86. The van der Waals surface area contributed by atoms with Gasteiger partial charge in [0.25, 0.3) is 0 Å². The van der Waals surface area contributed by atoms with E-state index in [0.717, 1.165) is 27.8 Å². The van der Waals surface area contributed by atoms with E-state index in [1.165, 1.54) is 6.07 Å². The Labute approximate surface area is 224 Å². The number of halogens is 2. The quantitative estimate of drug-likeness (QED) is 0.327. The molecule has 2 aliphatic rings. The highest BCUT2D eigenvalue weighted by Crippen LogP contribution is 2.61. The molecule has 3 aromatic rings. The van der Waals surface area contributed by atoms with Crippen LogP contribution in [-0.4, -0.2) is 57.5 Å². The van der Waals surface area contributed by atoms with Crippen LogP contribution >= 0.6 is 0 Å². The summed E-state index contributed by atoms with van der Waals surface area (Å²) >= 11 is 0. The fourth-order valence-corrected chi connectivity index (χ4v) is 6.27. The monoisotopic (exact) mass is 541 g/mol. The predicted molar refractivity (Wildman–Crippen MR) is 142 cm³/mol. The van der Waals surface area contributed by atoms with Crippen LogP contribution in [0.3, 0.4) is 0 Å². The minimum absolute atomic E-state index is 0.179. The molecule has 5 N–H and O–H groups in total. The van der Waals surface area contributed by atoms with Gasteiger partial charge in [0, 0.05) is 53.7 Å². The molecule has 3 heterocycles. The van der Waals surface area contributed by atoms with Gasteiger partial charge in [0.2, 0.25) is 11.8 Å². The molecule has 1 saturated heterocycles. The molecule has 2 atom stereocenters. The molecule has 2 aromatic heterocycles. The third-order valence-corrected chi connectivity index (χ3v) is 8.24. The van der Waals surface area contributed by atoms with E-state index in [0.29, 0.717) is 31.5 Å². The summed E-state index contributed by atoms with van der Waals surface area (Å²) < 4.78 is 34.0. The first-order chi connectivity index (χ1) is 18.4. The first kappa shape index (κ1) is 26.9. The van der Waals surface area contributed by atoms with Gasteiger partial charge in [-0.25, -0.2) is 18.6 Å². The van der Waals surface area contributed by atoms with Crippen LogP contribution in [0.4, 0.5) is 14.6 Å². The summed E-state index contributed by atoms with van der Waals surface area (Å²) in [5, 5.41) is 13.5. The Bertz CT molecular complexity index is 1430. The second-order valence-corrected chi connectivity index (χ2v) is 11.0. The third-order valence-electron chi connectivity index (χ3n) is 8.24. The lowest BCUT2D eigenvalue weighted by molar-refractivity contribution is -0.186. The van der Waals surface area contributed by atoms with Crippen molar-refractivity contribution in [3.63, 3.8) is 0 Å². The number of alkyl halides is 2. The predicted octanol–water partition coefficient (Wildman–Crippen LogP) is 4.62. The second-order valence-electron chi connectivity index (χ2n) is 11.0. The fraction of sp³-hybridized carbons (Fsp3) is 0.464. The van der Waals surface area contributed by atoms with Gasteiger partial charge in [-0.1, -0.05) is 6.07 Å². The Morgan fingerprint density at radius 2 is 2.08 bits per heavy atom. The number of amides is 1. The largest absolute Gasteiger partial charge is 0.496 e. The number of ether oxygens (including phenoxy) is 1. The number of methoxy groups -OCH3 is 1. The van der Waals surface area contributed by atoms with E-state index < -0.39 is 29.3 Å². The van der Waals surface area contributed by atoms with Gasteiger partial charge in [0.15, 0.2) is 5.69 Å². The Morgan fingerprint density at radius 1 is 1.33 bits per heavy atom. The Morgan fingerprint density at radius 3 is 2.72 bits per heavy atom. The number of rotatable bonds is 8. The zero-order valence-corrected chi connectivity index (χ0v) is 22.2. The van der Waals surface area contributed by atoms with Crippen molar-refractivity contribution < 1.29 is 28.2 Å². The maximum Gasteiger partial charge on any atom is 0.354 e. The maximum absolute atomic E-state index is 14.1. The van der Waals surface area contributed by atoms with Crippen molar-refractivity contribution in [1.82, 2.24) is 14.9 Å². The van der Waals surface area contributed by atoms with E-state index in [1.807, 2.05) is 25.3 Å². The van der Waals surface area contributed by atoms with Gasteiger partial charge in [-0.15, -0.1) is 0 Å². The van der Waals surface area contributed by atoms with Crippen LogP contribution < -0.4 is 15.8 Å². The van der Waals surface area contributed by atoms with Gasteiger partial charge in [-0.05, 0) is 62.4 Å². The molecule has 1 aliphatic heterocycles. The number of carboxylic acids is 1. The van der Waals surface area contributed by atoms with E-state index in [-0.39, 0.29) is 30.4 Å². The molecule has 0 radical (unpaired) electrons. The molecule has 0 unspecified atom stereocenters. The number of hydrogen-bond donors (Lipinski definition) is 4. The van der Waals surface area contributed by atoms with E-state index in [2.05, 4.69) is 20.2 Å². The molecule has 1 spiro atoms. The van der Waals surface area contributed by atoms with Crippen molar-refractivity contribution in [2.75, 3.05) is 19.0 Å². The number of aromatic nitrogens is 2. The molecular weight excluding hydrogens is 508 g/mol. The number of pyridine rings is 1. The standard InChI is InChI=1S/C28H33F2N5O4/c1-15-10-22(39-3)19(17-6-8-32-23(15)17)12-35-9-7-27(13-28(29,30)14-27)11-21(35)18-4-5-20(26(37)38)34-25(18)33-16(2)24(31)36/h4-6,8,10,16,21,32H,7,9,11-14H2,1-3H3,(H2,31,36)(H,33,34)(H,37,38)/t16-,21+/m1/s1. The molecule has 2 fully saturated rings. The highest BCUT2D eigenvalue weighted by Gasteiger charge is 2.58. The smallest absolute Gasteiger partial charge is 0.354 e. The summed E-state index contributed by atoms with van der Waals surface area (Å²) in [7, 11) is 1.62. The van der Waals surface area contributed by atoms with Crippen LogP contribution in [0, 0.1) is 12.3 Å². The molecule has 9 nitrogen and oxygen atoms in total. The van der Waals surface area contributed by atoms with E-state index >= 15 is 0 Å². The van der Waals surface area contributed by atoms with Crippen molar-refractivity contribution >= 4 is 28.6 Å². The number of piperidine rings is 1. The summed E-state index contributed by atoms with van der Waals surface area (Å²) in [5.41, 5.74) is 8.40. The normalized spacial score (nSPS) is 20.9. The number of aryl methyl sites for hydroxylation is 1. The number of H-pyrrole nitrogens is 1. The van der Waals surface area contributed by atoms with Crippen molar-refractivity contribution in [2.24, 2.45) is 11.1 Å². The molecule has 11 heteroatoms. The van der Waals surface area contributed by atoms with Crippen molar-refractivity contribution in [1.29, 1.82) is 0 Å². The first-order valence-electron chi connectivity index (χ1n) is 13.0. The Hall–Kier alpha value is -3.73. The summed E-state index contributed by atoms with van der Waals surface area (Å²) in [4.78, 5) is 33.3. The number of carbonyl (C=O) groups excluding carboxylic acids is 1. The van der Waals surface area contributed by atoms with Gasteiger partial charge >= 0.3 is 5.97 Å². The second kappa shape index (κ2) is 9.78. The lowest BCUT2D eigenvalue weighted by atomic mass is 9.59. The molecule has 1 aromatic carbocycles. The molecule has 208 valence electrons. The minimum Gasteiger partial charge on any atom is -0.496 e. The van der Waals surface area contributed by atoms with E-state index in [1.54, 1.807) is 20.1 Å². The molecular formula is C28H33F2N5O4. The molecule has 0 bridgehead atoms. The van der Waals surface area contributed by atoms with Crippen LogP contribution in [0.15, 0.2) is 30.5 Å². The van der Waals surface area contributed by atoms with Gasteiger partial charge in [0.05, 0.1) is 7.11 Å². The Balaban J connectivity index is 1.58. The number of carbonyl (C=O) groups is 2. The van der Waals surface area contributed by atoms with E-state index in [9.17, 15) is 23.5 Å². The van der Waals surface area contributed by atoms with Crippen LogP contribution in [0.2, 0.25) is 0 Å². The fourth-order valence-electron chi connectivity index (χ4n) is 6.27. The van der Waals surface area contributed by atoms with Gasteiger partial charge < -0.3 is 25.9 Å². The zero-order chi connectivity index (χ0) is 28.1. The lowest BCUT2D eigenvalue weighted by Gasteiger charge is -2.54. The number of aromatic amines is 1. The maximum atomic E-state index is 14.1. The number of nitrogens with zero attached hydrogens (tertiary/aromatic N) is 2. The topological polar surface area (TPSA) is 134 Å². The highest BCUT2D eigenvalue weighted by molar-refractivity contribution is 5.88. The van der Waals surface area contributed by atoms with Crippen LogP contribution in [0.1, 0.15) is 65.8 Å². The Kier molecular flexibility index (Phi) is 6.74. The van der Waals surface area contributed by atoms with E-state index in [4.69, 9.17) is 10.5 Å². The highest BCUT2D eigenvalue weighted by atomic mass is 19.3. The number of fused-ring (bicyclic) bond motifs is 1. The number of nitrogens with two attached hydrogens (primary N) is 1. The average molecular weight is 542 g/mol. The summed E-state index contributed by atoms with van der Waals surface area (Å²) in [5.74, 6) is -3.59. The number of nitrogens with one attached hydrogen (secondary N) is 2. The number of likely N-dealkylation sites (tertiary alicyclic amines) is 1. The SMILES string of the molecule is COc1cc(C)c2[nH]ccc2c1CN1CCC2(C[C@H]1c1ccc(C(=O)O)nc1N[C@H](C)C(N)=O)CC(F)(F)C2. The number of hydrogen-bond acceptors (Lipinski definition) is 6. The number of anilines is 1. The molecule has 1 saturated carbocycles. The molecule has 39 heavy (non-hydrogen) atoms. The summed E-state index contributed by atoms with van der Waals surface area (Å²) in [6.07, 6.45) is 2.58. The number of primary amides is 1. The molecule has 5 rings (SSSR count). The van der Waals surface area contributed by atoms with Gasteiger partial charge in [-0.2, -0.15) is 0 Å². The van der Waals surface area contributed by atoms with Crippen molar-refractivity contribution in [2.45, 2.75) is 64.1 Å². The van der Waals surface area contributed by atoms with Crippen LogP contribution in [0.25, 0.3) is 10.9 Å². The first-order valence-corrected chi connectivity index (χ1v) is 13.0. The van der Waals surface area contributed by atoms with Crippen molar-refractivity contribution in [3.8, 4) is 5.75 Å². The zero-order valence-electron chi connectivity index (χ0n) is 22.2. The third kappa shape index (κ3) is 5.03. The number of carboxylic acid groups (broad SMARTS) is 1. The van der Waals surface area contributed by atoms with Gasteiger partial charge in [0.1, 0.15) is 17.6 Å². The average Bonchev–Trinajstić information content (AvgIpc) is 3.36. The van der Waals surface area contributed by atoms with Crippen LogP contribution in [-0.2, 0) is 11.3 Å². The number of benzene rings is 1. The molecule has 1 aliphatic carbocycles. The summed E-state index contributed by atoms with van der Waals surface area (Å²) in [6.45, 7) is 4.59. The van der Waals surface area contributed by atoms with Gasteiger partial charge in [-0.3, -0.25) is 9.69 Å². The lowest BCUT2D eigenvalue weighted by Crippen LogP contribution is -2.53. The molecule has 1 amide bonds. The van der Waals surface area contributed by atoms with Crippen molar-refractivity contribution in [3.05, 3.63) is 52.8 Å². The number of aromatic carboxylic acids is 1. The van der Waals surface area contributed by atoms with Crippen LogP contribution in [0.5, 0.6) is 5.75 Å². The minimum atomic E-state index is -2.68.